The van der Waals surface area contributed by atoms with Gasteiger partial charge in [-0.05, 0) is 42.9 Å². The number of aromatic nitrogens is 2. The molecule has 0 saturated carbocycles. The molecule has 0 amide bonds. The molecule has 3 aromatic carbocycles. The Morgan fingerprint density at radius 3 is 2.37 bits per heavy atom. The third-order valence-corrected chi connectivity index (χ3v) is 8.19. The summed E-state index contributed by atoms with van der Waals surface area (Å²) in [7, 11) is -1.53. The van der Waals surface area contributed by atoms with Crippen molar-refractivity contribution in [2.45, 2.75) is 33.4 Å². The van der Waals surface area contributed by atoms with E-state index in [2.05, 4.69) is 72.9 Å². The predicted molar refractivity (Wildman–Crippen MR) is 157 cm³/mol. The van der Waals surface area contributed by atoms with Gasteiger partial charge in [-0.1, -0.05) is 72.6 Å². The molecule has 6 rings (SSSR count). The van der Waals surface area contributed by atoms with Gasteiger partial charge in [-0.25, -0.2) is 0 Å². The molecule has 6 aromatic rings. The first-order valence-corrected chi connectivity index (χ1v) is 15.8. The van der Waals surface area contributed by atoms with Crippen LogP contribution in [0.5, 0.6) is 0 Å². The summed E-state index contributed by atoms with van der Waals surface area (Å²) in [5, 5.41) is 3.81. The van der Waals surface area contributed by atoms with Crippen LogP contribution in [0.1, 0.15) is 15.2 Å². The fraction of sp³-hybridized carbons (Fsp3) is 0.152. The van der Waals surface area contributed by atoms with Crippen LogP contribution in [0.15, 0.2) is 95.7 Å². The Morgan fingerprint density at radius 2 is 1.68 bits per heavy atom. The summed E-state index contributed by atoms with van der Waals surface area (Å²) in [6, 6.07) is 31.8. The molecular formula is C33H30IrN2OSi-2. The van der Waals surface area contributed by atoms with E-state index >= 15 is 0 Å². The smallest absolute Gasteiger partial charge is 0.120 e. The molecular weight excluding hydrogens is 661 g/mol. The van der Waals surface area contributed by atoms with Crippen LogP contribution in [0.4, 0.5) is 0 Å². The minimum atomic E-state index is -2.09. The second-order valence-electron chi connectivity index (χ2n) is 10.1. The van der Waals surface area contributed by atoms with Crippen molar-refractivity contribution >= 4 is 35.2 Å². The minimum absolute atomic E-state index is 0. The van der Waals surface area contributed by atoms with Crippen LogP contribution < -0.4 is 5.19 Å². The molecule has 3 aromatic heterocycles. The Hall–Kier alpha value is -3.37. The Bertz CT molecular complexity index is 1780. The quantitative estimate of drug-likeness (QED) is 0.139. The fourth-order valence-electron chi connectivity index (χ4n) is 4.33. The molecule has 0 unspecified atom stereocenters. The molecule has 38 heavy (non-hydrogen) atoms. The van der Waals surface area contributed by atoms with E-state index in [1.54, 1.807) is 18.2 Å². The number of pyridine rings is 2. The van der Waals surface area contributed by atoms with Crippen molar-refractivity contribution in [1.29, 1.82) is 0 Å². The molecule has 0 aliphatic heterocycles. The molecule has 3 nitrogen and oxygen atoms in total. The molecule has 0 N–H and O–H groups in total. The van der Waals surface area contributed by atoms with Crippen molar-refractivity contribution in [3.63, 3.8) is 0 Å². The Labute approximate surface area is 243 Å². The fourth-order valence-corrected chi connectivity index (χ4v) is 5.83. The zero-order valence-electron chi connectivity index (χ0n) is 24.8. The molecule has 5 heteroatoms. The molecule has 0 fully saturated rings. The van der Waals surface area contributed by atoms with Gasteiger partial charge in [-0.3, -0.25) is 0 Å². The maximum Gasteiger partial charge on any atom is 0.120 e. The number of aryl methyl sites for hydroxylation is 2. The third-order valence-electron chi connectivity index (χ3n) is 6.18. The van der Waals surface area contributed by atoms with Crippen LogP contribution in [0.2, 0.25) is 19.6 Å². The molecule has 1 radical (unpaired) electrons. The molecule has 193 valence electrons. The molecule has 0 spiro atoms. The van der Waals surface area contributed by atoms with E-state index in [9.17, 15) is 0 Å². The predicted octanol–water partition coefficient (Wildman–Crippen LogP) is 8.16. The van der Waals surface area contributed by atoms with E-state index < -0.39 is 14.9 Å². The van der Waals surface area contributed by atoms with Crippen molar-refractivity contribution in [3.05, 3.63) is 115 Å². The Morgan fingerprint density at radius 1 is 0.868 bits per heavy atom. The summed E-state index contributed by atoms with van der Waals surface area (Å²) in [6.07, 6.45) is 3.24. The Kier molecular flexibility index (Phi) is 7.22. The molecule has 0 bridgehead atoms. The SMILES string of the molecule is Cc1ccnc(-c2[c-]cc([Si](C)(C)C)c3c2oc2ccccc23)c1.[2H]C([2H])([2H])c1ccc(-c2[c-]cccc2)nc1.[Ir]. The first-order chi connectivity index (χ1) is 19.0. The van der Waals surface area contributed by atoms with Gasteiger partial charge in [0, 0.05) is 50.1 Å². The average molecular weight is 694 g/mol. The van der Waals surface area contributed by atoms with Crippen LogP contribution in [0.3, 0.4) is 0 Å². The number of nitrogens with zero attached hydrogens (tertiary/aromatic N) is 2. The second-order valence-corrected chi connectivity index (χ2v) is 15.1. The number of benzene rings is 3. The summed E-state index contributed by atoms with van der Waals surface area (Å²) in [5.41, 5.74) is 6.75. The summed E-state index contributed by atoms with van der Waals surface area (Å²) in [4.78, 5) is 8.67. The van der Waals surface area contributed by atoms with Gasteiger partial charge < -0.3 is 14.4 Å². The zero-order chi connectivity index (χ0) is 28.5. The van der Waals surface area contributed by atoms with Gasteiger partial charge in [-0.2, -0.15) is 0 Å². The zero-order valence-corrected chi connectivity index (χ0v) is 25.2. The van der Waals surface area contributed by atoms with E-state index in [4.69, 9.17) is 8.53 Å². The van der Waals surface area contributed by atoms with Crippen molar-refractivity contribution < 1.29 is 28.6 Å². The number of hydrogen-bond donors (Lipinski definition) is 0. The van der Waals surface area contributed by atoms with Crippen molar-refractivity contribution in [2.75, 3.05) is 0 Å². The summed E-state index contributed by atoms with van der Waals surface area (Å²) in [6.45, 7) is 7.08. The maximum absolute atomic E-state index is 7.23. The normalized spacial score (nSPS) is 12.6. The molecule has 0 atom stereocenters. The maximum atomic E-state index is 7.23. The van der Waals surface area contributed by atoms with Gasteiger partial charge in [0.2, 0.25) is 0 Å². The van der Waals surface area contributed by atoms with Crippen LogP contribution in [0.25, 0.3) is 44.5 Å². The average Bonchev–Trinajstić information content (AvgIpc) is 3.32. The summed E-state index contributed by atoms with van der Waals surface area (Å²) < 4.78 is 28.0. The second kappa shape index (κ2) is 11.6. The molecule has 0 saturated heterocycles. The number of para-hydroxylation sites is 1. The van der Waals surface area contributed by atoms with Crippen LogP contribution in [0, 0.1) is 25.9 Å². The first-order valence-electron chi connectivity index (χ1n) is 13.8. The third kappa shape index (κ3) is 5.86. The largest absolute Gasteiger partial charge is 0.501 e. The first kappa shape index (κ1) is 23.7. The molecule has 0 aliphatic rings. The minimum Gasteiger partial charge on any atom is -0.501 e. The van der Waals surface area contributed by atoms with E-state index in [0.29, 0.717) is 0 Å². The number of fused-ring (bicyclic) bond motifs is 3. The van der Waals surface area contributed by atoms with E-state index in [1.165, 1.54) is 27.7 Å². The van der Waals surface area contributed by atoms with Gasteiger partial charge in [-0.15, -0.1) is 53.2 Å². The van der Waals surface area contributed by atoms with Gasteiger partial charge in [0.05, 0.1) is 5.58 Å². The van der Waals surface area contributed by atoms with E-state index in [1.807, 2.05) is 42.6 Å². The van der Waals surface area contributed by atoms with Crippen molar-refractivity contribution in [1.82, 2.24) is 9.97 Å². The summed E-state index contributed by atoms with van der Waals surface area (Å²) in [5.74, 6) is 0. The standard InChI is InChI=1S/C21H20NOSi.C12H10N.Ir/c1-14-11-12-22-17(13-14)15-9-10-19(24(2,3)4)20-16-7-5-6-8-18(16)23-21(15)20;1-10-7-8-12(13-9-10)11-5-3-2-4-6-11;/h5-8,10-13H,1-4H3;2-5,7-9H,1H3;/q2*-1;/i;1D3;. The Balaban J connectivity index is 0.000000200. The van der Waals surface area contributed by atoms with Gasteiger partial charge >= 0.3 is 0 Å². The van der Waals surface area contributed by atoms with Crippen molar-refractivity contribution in [3.8, 4) is 22.5 Å². The van der Waals surface area contributed by atoms with Gasteiger partial charge in [0.15, 0.2) is 0 Å². The number of furan rings is 1. The van der Waals surface area contributed by atoms with Gasteiger partial charge in [0.25, 0.3) is 0 Å². The number of hydrogen-bond acceptors (Lipinski definition) is 3. The van der Waals surface area contributed by atoms with Crippen molar-refractivity contribution in [2.24, 2.45) is 0 Å². The molecule has 3 heterocycles. The topological polar surface area (TPSA) is 38.9 Å². The monoisotopic (exact) mass is 694 g/mol. The van der Waals surface area contributed by atoms with Gasteiger partial charge in [0.1, 0.15) is 5.58 Å². The number of rotatable bonds is 3. The van der Waals surface area contributed by atoms with Crippen LogP contribution >= 0.6 is 0 Å². The molecule has 0 aliphatic carbocycles. The van der Waals surface area contributed by atoms with E-state index in [-0.39, 0.29) is 25.7 Å². The summed E-state index contributed by atoms with van der Waals surface area (Å²) >= 11 is 0. The van der Waals surface area contributed by atoms with Crippen LogP contribution in [-0.2, 0) is 20.1 Å². The van der Waals surface area contributed by atoms with E-state index in [0.717, 1.165) is 33.7 Å². The van der Waals surface area contributed by atoms with Crippen LogP contribution in [-0.4, -0.2) is 18.0 Å².